The van der Waals surface area contributed by atoms with Gasteiger partial charge in [0.2, 0.25) is 0 Å². The van der Waals surface area contributed by atoms with Crippen molar-refractivity contribution in [3.63, 3.8) is 0 Å². The van der Waals surface area contributed by atoms with E-state index in [1.165, 1.54) is 25.7 Å². The van der Waals surface area contributed by atoms with Crippen molar-refractivity contribution in [3.8, 4) is 0 Å². The summed E-state index contributed by atoms with van der Waals surface area (Å²) in [6.45, 7) is 9.72. The molecule has 0 bridgehead atoms. The number of rotatable bonds is 3. The molecule has 0 N–H and O–H groups in total. The molecule has 1 fully saturated rings. The molecule has 3 heteroatoms. The first kappa shape index (κ1) is 14.3. The Kier molecular flexibility index (Phi) is 5.29. The van der Waals surface area contributed by atoms with Gasteiger partial charge in [0.1, 0.15) is 5.60 Å². The molecule has 1 rings (SSSR count). The van der Waals surface area contributed by atoms with Gasteiger partial charge in [-0.25, -0.2) is 4.79 Å². The molecule has 0 aromatic heterocycles. The van der Waals surface area contributed by atoms with E-state index in [1.807, 2.05) is 25.7 Å². The number of nitrogens with zero attached hydrogens (tertiary/aromatic N) is 1. The van der Waals surface area contributed by atoms with Gasteiger partial charge in [-0.05, 0) is 46.0 Å². The lowest BCUT2D eigenvalue weighted by Crippen LogP contribution is -2.42. The fraction of sp³-hybridized carbons (Fsp3) is 0.929. The minimum Gasteiger partial charge on any atom is -0.444 e. The van der Waals surface area contributed by atoms with Gasteiger partial charge in [-0.2, -0.15) is 0 Å². The molecule has 1 unspecified atom stereocenters. The van der Waals surface area contributed by atoms with Crippen LogP contribution in [0.5, 0.6) is 0 Å². The molecule has 1 aliphatic rings. The van der Waals surface area contributed by atoms with Gasteiger partial charge < -0.3 is 9.64 Å². The Labute approximate surface area is 106 Å². The zero-order valence-electron chi connectivity index (χ0n) is 11.8. The monoisotopic (exact) mass is 241 g/mol. The quantitative estimate of drug-likeness (QED) is 0.751. The molecule has 0 aromatic rings. The lowest BCUT2D eigenvalue weighted by molar-refractivity contribution is 0.0161. The van der Waals surface area contributed by atoms with Gasteiger partial charge in [-0.1, -0.05) is 19.8 Å². The van der Waals surface area contributed by atoms with Crippen LogP contribution in [-0.2, 0) is 4.74 Å². The molecule has 17 heavy (non-hydrogen) atoms. The van der Waals surface area contributed by atoms with Gasteiger partial charge in [0.05, 0.1) is 0 Å². The Balaban J connectivity index is 2.40. The topological polar surface area (TPSA) is 29.5 Å². The van der Waals surface area contributed by atoms with E-state index in [4.69, 9.17) is 4.74 Å². The zero-order valence-corrected chi connectivity index (χ0v) is 11.8. The van der Waals surface area contributed by atoms with E-state index in [0.29, 0.717) is 5.92 Å². The van der Waals surface area contributed by atoms with Crippen LogP contribution in [0.15, 0.2) is 0 Å². The molecule has 0 spiro atoms. The highest BCUT2D eigenvalue weighted by Gasteiger charge is 2.27. The summed E-state index contributed by atoms with van der Waals surface area (Å²) in [6, 6.07) is 0. The summed E-state index contributed by atoms with van der Waals surface area (Å²) < 4.78 is 5.42. The maximum absolute atomic E-state index is 11.9. The van der Waals surface area contributed by atoms with E-state index >= 15 is 0 Å². The molecular weight excluding hydrogens is 214 g/mol. The van der Waals surface area contributed by atoms with E-state index < -0.39 is 0 Å². The summed E-state index contributed by atoms with van der Waals surface area (Å²) in [5, 5.41) is 0. The van der Waals surface area contributed by atoms with Crippen molar-refractivity contribution < 1.29 is 9.53 Å². The predicted molar refractivity (Wildman–Crippen MR) is 70.1 cm³/mol. The first-order chi connectivity index (χ1) is 7.92. The minimum atomic E-state index is -0.382. The van der Waals surface area contributed by atoms with Gasteiger partial charge >= 0.3 is 6.09 Å². The smallest absolute Gasteiger partial charge is 0.410 e. The maximum atomic E-state index is 11.9. The fourth-order valence-corrected chi connectivity index (χ4v) is 2.29. The Morgan fingerprint density at radius 1 is 1.41 bits per heavy atom. The number of amides is 1. The summed E-state index contributed by atoms with van der Waals surface area (Å²) in [5.41, 5.74) is -0.382. The summed E-state index contributed by atoms with van der Waals surface area (Å²) >= 11 is 0. The molecule has 0 radical (unpaired) electrons. The third kappa shape index (κ3) is 5.42. The van der Waals surface area contributed by atoms with Crippen molar-refractivity contribution in [2.24, 2.45) is 5.92 Å². The van der Waals surface area contributed by atoms with Crippen LogP contribution in [0.2, 0.25) is 0 Å². The van der Waals surface area contributed by atoms with Crippen LogP contribution in [0.3, 0.4) is 0 Å². The van der Waals surface area contributed by atoms with Crippen LogP contribution in [0.25, 0.3) is 0 Å². The number of likely N-dealkylation sites (tertiary alicyclic amines) is 1. The van der Waals surface area contributed by atoms with Crippen molar-refractivity contribution in [1.82, 2.24) is 4.90 Å². The number of unbranched alkanes of at least 4 members (excludes halogenated alkanes) is 1. The third-order valence-corrected chi connectivity index (χ3v) is 3.14. The molecule has 0 aromatic carbocycles. The van der Waals surface area contributed by atoms with Gasteiger partial charge in [0.15, 0.2) is 0 Å². The molecule has 1 heterocycles. The predicted octanol–water partition coefficient (Wildman–Crippen LogP) is 3.82. The molecule has 100 valence electrons. The Morgan fingerprint density at radius 3 is 2.71 bits per heavy atom. The number of carbonyl (C=O) groups excluding carboxylic acids is 1. The molecule has 1 aliphatic heterocycles. The highest BCUT2D eigenvalue weighted by atomic mass is 16.6. The first-order valence-corrected chi connectivity index (χ1v) is 6.90. The van der Waals surface area contributed by atoms with Crippen molar-refractivity contribution in [2.75, 3.05) is 13.1 Å². The first-order valence-electron chi connectivity index (χ1n) is 6.90. The normalized spacial score (nSPS) is 21.4. The van der Waals surface area contributed by atoms with Crippen molar-refractivity contribution in [3.05, 3.63) is 0 Å². The van der Waals surface area contributed by atoms with Gasteiger partial charge in [-0.3, -0.25) is 0 Å². The number of piperidine rings is 1. The van der Waals surface area contributed by atoms with Crippen LogP contribution in [0.1, 0.15) is 59.8 Å². The van der Waals surface area contributed by atoms with E-state index in [9.17, 15) is 4.79 Å². The van der Waals surface area contributed by atoms with Crippen LogP contribution in [0, 0.1) is 5.92 Å². The summed E-state index contributed by atoms with van der Waals surface area (Å²) in [6.07, 6.45) is 6.00. The van der Waals surface area contributed by atoms with E-state index in [1.54, 1.807) is 0 Å². The van der Waals surface area contributed by atoms with Crippen molar-refractivity contribution in [1.29, 1.82) is 0 Å². The molecule has 3 nitrogen and oxygen atoms in total. The van der Waals surface area contributed by atoms with E-state index in [0.717, 1.165) is 19.5 Å². The highest BCUT2D eigenvalue weighted by Crippen LogP contribution is 2.23. The van der Waals surface area contributed by atoms with Crippen LogP contribution in [-0.4, -0.2) is 29.7 Å². The Bertz CT molecular complexity index is 245. The number of hydrogen-bond acceptors (Lipinski definition) is 2. The average molecular weight is 241 g/mol. The average Bonchev–Trinajstić information content (AvgIpc) is 2.24. The van der Waals surface area contributed by atoms with Gasteiger partial charge in [0, 0.05) is 13.1 Å². The SMILES string of the molecule is CCCCC1CCCN(C(=O)OC(C)(C)C)C1. The second-order valence-electron chi connectivity index (χ2n) is 6.08. The molecular formula is C14H27NO2. The largest absolute Gasteiger partial charge is 0.444 e. The molecule has 1 amide bonds. The summed E-state index contributed by atoms with van der Waals surface area (Å²) in [7, 11) is 0. The van der Waals surface area contributed by atoms with Crippen LogP contribution >= 0.6 is 0 Å². The fourth-order valence-electron chi connectivity index (χ4n) is 2.29. The molecule has 0 aliphatic carbocycles. The highest BCUT2D eigenvalue weighted by molar-refractivity contribution is 5.68. The minimum absolute atomic E-state index is 0.140. The van der Waals surface area contributed by atoms with E-state index in [2.05, 4.69) is 6.92 Å². The molecule has 0 saturated carbocycles. The Hall–Kier alpha value is -0.730. The number of hydrogen-bond donors (Lipinski definition) is 0. The van der Waals surface area contributed by atoms with Crippen LogP contribution in [0.4, 0.5) is 4.79 Å². The zero-order chi connectivity index (χ0) is 12.9. The summed E-state index contributed by atoms with van der Waals surface area (Å²) in [5.74, 6) is 0.677. The van der Waals surface area contributed by atoms with Crippen LogP contribution < -0.4 is 0 Å². The lowest BCUT2D eigenvalue weighted by atomic mass is 9.93. The Morgan fingerprint density at radius 2 is 2.12 bits per heavy atom. The number of carbonyl (C=O) groups is 1. The van der Waals surface area contributed by atoms with E-state index in [-0.39, 0.29) is 11.7 Å². The van der Waals surface area contributed by atoms with Crippen molar-refractivity contribution in [2.45, 2.75) is 65.4 Å². The van der Waals surface area contributed by atoms with Crippen molar-refractivity contribution >= 4 is 6.09 Å². The molecule has 1 saturated heterocycles. The maximum Gasteiger partial charge on any atom is 0.410 e. The summed E-state index contributed by atoms with van der Waals surface area (Å²) in [4.78, 5) is 13.8. The number of ether oxygens (including phenoxy) is 1. The second kappa shape index (κ2) is 6.27. The molecule has 1 atom stereocenters. The third-order valence-electron chi connectivity index (χ3n) is 3.14. The van der Waals surface area contributed by atoms with Gasteiger partial charge in [-0.15, -0.1) is 0 Å². The van der Waals surface area contributed by atoms with Gasteiger partial charge in [0.25, 0.3) is 0 Å². The second-order valence-corrected chi connectivity index (χ2v) is 6.08. The lowest BCUT2D eigenvalue weighted by Gasteiger charge is -2.34. The standard InChI is InChI=1S/C14H27NO2/c1-5-6-8-12-9-7-10-15(11-12)13(16)17-14(2,3)4/h12H,5-11H2,1-4H3.